The number of nitrogens with zero attached hydrogens (tertiary/aromatic N) is 3. The van der Waals surface area contributed by atoms with Crippen LogP contribution in [0.15, 0.2) is 35.2 Å². The van der Waals surface area contributed by atoms with Gasteiger partial charge in [-0.15, -0.1) is 11.8 Å². The van der Waals surface area contributed by atoms with Crippen molar-refractivity contribution in [2.75, 3.05) is 49.6 Å². The van der Waals surface area contributed by atoms with Crippen LogP contribution < -0.4 is 20.8 Å². The Balaban J connectivity index is 1.88. The number of hydrazine groups is 1. The molecule has 0 radical (unpaired) electrons. The van der Waals surface area contributed by atoms with Gasteiger partial charge in [-0.1, -0.05) is 23.9 Å². The van der Waals surface area contributed by atoms with E-state index in [0.717, 1.165) is 23.5 Å². The molecule has 9 heteroatoms. The van der Waals surface area contributed by atoms with Crippen LogP contribution in [0.1, 0.15) is 24.2 Å². The van der Waals surface area contributed by atoms with Crippen molar-refractivity contribution in [3.8, 4) is 5.88 Å². The van der Waals surface area contributed by atoms with E-state index in [2.05, 4.69) is 33.7 Å². The molecule has 2 unspecified atom stereocenters. The lowest BCUT2D eigenvalue weighted by Gasteiger charge is -2.42. The van der Waals surface area contributed by atoms with E-state index in [0.29, 0.717) is 19.0 Å². The average molecular weight is 462 g/mol. The van der Waals surface area contributed by atoms with Crippen molar-refractivity contribution < 1.29 is 9.53 Å². The summed E-state index contributed by atoms with van der Waals surface area (Å²) in [7, 11) is 1.60. The van der Waals surface area contributed by atoms with Crippen LogP contribution >= 0.6 is 23.5 Å². The Morgan fingerprint density at radius 3 is 2.71 bits per heavy atom. The number of thioether (sulfide) groups is 2. The van der Waals surface area contributed by atoms with Crippen LogP contribution in [0, 0.1) is 6.92 Å². The topological polar surface area (TPSA) is 83.7 Å². The Bertz CT molecular complexity index is 925. The van der Waals surface area contributed by atoms with Gasteiger partial charge in [0.2, 0.25) is 11.0 Å². The maximum atomic E-state index is 12.9. The molecular formula is C22H31N5O2S2. The maximum Gasteiger partial charge on any atom is 0.238 e. The number of rotatable bonds is 7. The zero-order chi connectivity index (χ0) is 22.5. The van der Waals surface area contributed by atoms with E-state index in [1.165, 1.54) is 22.3 Å². The first-order valence-corrected chi connectivity index (χ1v) is 12.6. The summed E-state index contributed by atoms with van der Waals surface area (Å²) in [5.74, 6) is 0.493. The number of hydrogen-bond donors (Lipinski definition) is 2. The molecular weight excluding hydrogens is 430 g/mol. The van der Waals surface area contributed by atoms with Gasteiger partial charge in [0.1, 0.15) is 11.7 Å². The normalized spacial score (nSPS) is 18.0. The molecule has 1 aromatic heterocycles. The van der Waals surface area contributed by atoms with Crippen LogP contribution in [0.4, 0.5) is 11.4 Å². The Labute approximate surface area is 193 Å². The van der Waals surface area contributed by atoms with Gasteiger partial charge < -0.3 is 20.8 Å². The van der Waals surface area contributed by atoms with E-state index in [-0.39, 0.29) is 17.2 Å². The van der Waals surface area contributed by atoms with Crippen molar-refractivity contribution in [1.29, 1.82) is 0 Å². The number of para-hydroxylation sites is 1. The highest BCUT2D eigenvalue weighted by Crippen LogP contribution is 2.32. The number of nitrogens with two attached hydrogens (primary N) is 1. The molecule has 31 heavy (non-hydrogen) atoms. The smallest absolute Gasteiger partial charge is 0.238 e. The van der Waals surface area contributed by atoms with Gasteiger partial charge in [-0.25, -0.2) is 9.99 Å². The van der Waals surface area contributed by atoms with Crippen LogP contribution in [-0.2, 0) is 4.79 Å². The minimum absolute atomic E-state index is 0.116. The molecule has 2 heterocycles. The summed E-state index contributed by atoms with van der Waals surface area (Å²) in [6.07, 6.45) is 3.91. The molecule has 0 spiro atoms. The summed E-state index contributed by atoms with van der Waals surface area (Å²) < 4.78 is 5.50. The molecule has 7 nitrogen and oxygen atoms in total. The third-order valence-corrected chi connectivity index (χ3v) is 6.90. The number of nitrogens with one attached hydrogen (secondary N) is 1. The summed E-state index contributed by atoms with van der Waals surface area (Å²) in [6.45, 7) is 5.93. The fourth-order valence-corrected chi connectivity index (χ4v) is 4.91. The molecule has 0 bridgehead atoms. The molecule has 2 aromatic rings. The lowest BCUT2D eigenvalue weighted by molar-refractivity contribution is -0.115. The standard InChI is InChI=1S/C22H31N5O2S2/c1-14(23)16-12-17(21(29-3)24-15(16)2)25-27-11-10-26(13-19(27)22(28)31-5)18-8-6-7-9-20(18)30-4/h6-9,12,14,19,25H,10-11,13,23H2,1-5H3. The molecule has 168 valence electrons. The number of hydrogen-bond acceptors (Lipinski definition) is 9. The fraction of sp³-hybridized carbons (Fsp3) is 0.455. The Hall–Kier alpha value is -1.94. The largest absolute Gasteiger partial charge is 0.479 e. The van der Waals surface area contributed by atoms with E-state index < -0.39 is 0 Å². The molecule has 1 saturated heterocycles. The summed E-state index contributed by atoms with van der Waals surface area (Å²) >= 11 is 2.97. The minimum Gasteiger partial charge on any atom is -0.479 e. The second-order valence-corrected chi connectivity index (χ2v) is 9.13. The van der Waals surface area contributed by atoms with Gasteiger partial charge in [-0.05, 0) is 50.1 Å². The molecule has 3 N–H and O–H groups in total. The molecule has 1 aliphatic rings. The molecule has 0 aliphatic carbocycles. The summed E-state index contributed by atoms with van der Waals surface area (Å²) in [5.41, 5.74) is 13.2. The SMILES string of the molecule is COc1nc(C)c(C(C)N)cc1NN1CCN(c2ccccc2SC)CC1C(=O)SC. The van der Waals surface area contributed by atoms with Crippen molar-refractivity contribution >= 4 is 40.0 Å². The Kier molecular flexibility index (Phi) is 8.10. The number of carbonyl (C=O) groups excluding carboxylic acids is 1. The van der Waals surface area contributed by atoms with E-state index in [9.17, 15) is 4.79 Å². The van der Waals surface area contributed by atoms with Gasteiger partial charge in [0.05, 0.1) is 12.8 Å². The molecule has 0 amide bonds. The zero-order valence-corrected chi connectivity index (χ0v) is 20.3. The predicted molar refractivity (Wildman–Crippen MR) is 131 cm³/mol. The van der Waals surface area contributed by atoms with Crippen molar-refractivity contribution in [3.63, 3.8) is 0 Å². The number of piperazine rings is 1. The number of benzene rings is 1. The fourth-order valence-electron chi connectivity index (χ4n) is 3.81. The highest BCUT2D eigenvalue weighted by molar-refractivity contribution is 8.13. The first kappa shape index (κ1) is 23.7. The highest BCUT2D eigenvalue weighted by atomic mass is 32.2. The number of ether oxygens (including phenoxy) is 1. The van der Waals surface area contributed by atoms with Crippen LogP contribution in [0.3, 0.4) is 0 Å². The van der Waals surface area contributed by atoms with Gasteiger partial charge >= 0.3 is 0 Å². The second kappa shape index (κ2) is 10.6. The van der Waals surface area contributed by atoms with Crippen molar-refractivity contribution in [3.05, 3.63) is 41.6 Å². The Morgan fingerprint density at radius 2 is 2.06 bits per heavy atom. The molecule has 3 rings (SSSR count). The highest BCUT2D eigenvalue weighted by Gasteiger charge is 2.33. The number of anilines is 2. The maximum absolute atomic E-state index is 12.9. The van der Waals surface area contributed by atoms with E-state index in [1.54, 1.807) is 18.9 Å². The van der Waals surface area contributed by atoms with Gasteiger partial charge in [-0.2, -0.15) is 0 Å². The number of methoxy groups -OCH3 is 1. The van der Waals surface area contributed by atoms with Crippen LogP contribution in [0.5, 0.6) is 5.88 Å². The van der Waals surface area contributed by atoms with Crippen LogP contribution in [-0.4, -0.2) is 60.4 Å². The van der Waals surface area contributed by atoms with Crippen molar-refractivity contribution in [2.24, 2.45) is 5.73 Å². The molecule has 1 fully saturated rings. The van der Waals surface area contributed by atoms with E-state index in [4.69, 9.17) is 10.5 Å². The lowest BCUT2D eigenvalue weighted by atomic mass is 10.1. The summed E-state index contributed by atoms with van der Waals surface area (Å²) in [4.78, 5) is 20.9. The van der Waals surface area contributed by atoms with Crippen LogP contribution in [0.25, 0.3) is 0 Å². The van der Waals surface area contributed by atoms with E-state index >= 15 is 0 Å². The molecule has 1 aromatic carbocycles. The van der Waals surface area contributed by atoms with E-state index in [1.807, 2.05) is 43.3 Å². The molecule has 0 saturated carbocycles. The quantitative estimate of drug-likeness (QED) is 0.601. The molecule has 2 atom stereocenters. The van der Waals surface area contributed by atoms with Crippen molar-refractivity contribution in [1.82, 2.24) is 9.99 Å². The predicted octanol–water partition coefficient (Wildman–Crippen LogP) is 3.55. The first-order chi connectivity index (χ1) is 14.9. The lowest BCUT2D eigenvalue weighted by Crippen LogP contribution is -2.58. The number of aromatic nitrogens is 1. The van der Waals surface area contributed by atoms with Gasteiger partial charge in [0, 0.05) is 36.3 Å². The zero-order valence-electron chi connectivity index (χ0n) is 18.7. The van der Waals surface area contributed by atoms with Gasteiger partial charge in [0.15, 0.2) is 0 Å². The monoisotopic (exact) mass is 461 g/mol. The first-order valence-electron chi connectivity index (χ1n) is 10.2. The van der Waals surface area contributed by atoms with Crippen LogP contribution in [0.2, 0.25) is 0 Å². The summed E-state index contributed by atoms with van der Waals surface area (Å²) in [6, 6.07) is 9.84. The van der Waals surface area contributed by atoms with Crippen molar-refractivity contribution in [2.45, 2.75) is 30.8 Å². The number of aryl methyl sites for hydroxylation is 1. The Morgan fingerprint density at radius 1 is 1.32 bits per heavy atom. The third kappa shape index (κ3) is 5.28. The summed E-state index contributed by atoms with van der Waals surface area (Å²) in [5, 5.41) is 2.11. The van der Waals surface area contributed by atoms with Gasteiger partial charge in [-0.3, -0.25) is 4.79 Å². The average Bonchev–Trinajstić information content (AvgIpc) is 2.79. The number of pyridine rings is 1. The second-order valence-electron chi connectivity index (χ2n) is 7.47. The molecule has 1 aliphatic heterocycles. The third-order valence-electron chi connectivity index (χ3n) is 5.44. The number of carbonyl (C=O) groups is 1. The van der Waals surface area contributed by atoms with Gasteiger partial charge in [0.25, 0.3) is 0 Å². The minimum atomic E-state index is -0.316.